The Hall–Kier alpha value is -1.60. The summed E-state index contributed by atoms with van der Waals surface area (Å²) in [6.07, 6.45) is 0. The Morgan fingerprint density at radius 2 is 1.89 bits per heavy atom. The van der Waals surface area contributed by atoms with E-state index >= 15 is 0 Å². The maximum atomic E-state index is 12.2. The minimum absolute atomic E-state index is 0.0129. The van der Waals surface area contributed by atoms with Crippen LogP contribution < -0.4 is 4.74 Å². The van der Waals surface area contributed by atoms with Crippen LogP contribution in [0.2, 0.25) is 0 Å². The second-order valence-corrected chi connectivity index (χ2v) is 5.50. The van der Waals surface area contributed by atoms with Gasteiger partial charge in [-0.1, -0.05) is 12.1 Å². The quantitative estimate of drug-likeness (QED) is 0.730. The Morgan fingerprint density at radius 1 is 1.28 bits per heavy atom. The maximum absolute atomic E-state index is 12.2. The number of carbonyl (C=O) groups is 1. The van der Waals surface area contributed by atoms with Gasteiger partial charge < -0.3 is 9.47 Å². The molecule has 0 saturated heterocycles. The Morgan fingerprint density at radius 3 is 2.44 bits per heavy atom. The summed E-state index contributed by atoms with van der Waals surface area (Å²) < 4.78 is 34.7. The van der Waals surface area contributed by atoms with Crippen molar-refractivity contribution in [2.45, 2.75) is 4.90 Å². The van der Waals surface area contributed by atoms with Crippen LogP contribution in [0, 0.1) is 0 Å². The lowest BCUT2D eigenvalue weighted by Crippen LogP contribution is -2.32. The van der Waals surface area contributed by atoms with Crippen molar-refractivity contribution in [3.8, 4) is 5.75 Å². The molecule has 0 bridgehead atoms. The standard InChI is InChI=1S/C11H15NO5S/c1-12(8-11(13)17-3)18(14,15)10-7-5-4-6-9(10)16-2/h4-7H,8H2,1-3H3. The third kappa shape index (κ3) is 2.99. The molecule has 6 nitrogen and oxygen atoms in total. The highest BCUT2D eigenvalue weighted by atomic mass is 32.2. The molecule has 7 heteroatoms. The molecule has 100 valence electrons. The number of ether oxygens (including phenoxy) is 2. The number of rotatable bonds is 5. The number of likely N-dealkylation sites (N-methyl/N-ethyl adjacent to an activating group) is 1. The summed E-state index contributed by atoms with van der Waals surface area (Å²) in [4.78, 5) is 11.1. The van der Waals surface area contributed by atoms with Crippen LogP contribution in [-0.2, 0) is 19.6 Å². The first-order valence-electron chi connectivity index (χ1n) is 5.09. The van der Waals surface area contributed by atoms with Crippen molar-refractivity contribution in [1.82, 2.24) is 4.31 Å². The molecule has 1 aromatic rings. The number of hydrogen-bond acceptors (Lipinski definition) is 5. The molecule has 0 heterocycles. The normalized spacial score (nSPS) is 11.3. The molecule has 0 unspecified atom stereocenters. The van der Waals surface area contributed by atoms with E-state index in [2.05, 4.69) is 4.74 Å². The molecule has 0 aliphatic rings. The predicted molar refractivity (Wildman–Crippen MR) is 64.8 cm³/mol. The van der Waals surface area contributed by atoms with Crippen molar-refractivity contribution in [3.63, 3.8) is 0 Å². The van der Waals surface area contributed by atoms with Gasteiger partial charge >= 0.3 is 5.97 Å². The van der Waals surface area contributed by atoms with Gasteiger partial charge in [-0.25, -0.2) is 8.42 Å². The van der Waals surface area contributed by atoms with Crippen LogP contribution in [-0.4, -0.2) is 46.5 Å². The van der Waals surface area contributed by atoms with E-state index in [-0.39, 0.29) is 17.2 Å². The molecule has 0 saturated carbocycles. The van der Waals surface area contributed by atoms with Gasteiger partial charge in [-0.05, 0) is 12.1 Å². The number of nitrogens with zero attached hydrogens (tertiary/aromatic N) is 1. The van der Waals surface area contributed by atoms with Gasteiger partial charge in [0.15, 0.2) is 0 Å². The molecule has 0 amide bonds. The van der Waals surface area contributed by atoms with Gasteiger partial charge in [-0.3, -0.25) is 4.79 Å². The van der Waals surface area contributed by atoms with Gasteiger partial charge in [-0.15, -0.1) is 0 Å². The van der Waals surface area contributed by atoms with Crippen LogP contribution >= 0.6 is 0 Å². The monoisotopic (exact) mass is 273 g/mol. The van der Waals surface area contributed by atoms with Gasteiger partial charge in [0, 0.05) is 7.05 Å². The molecule has 18 heavy (non-hydrogen) atoms. The smallest absolute Gasteiger partial charge is 0.321 e. The number of para-hydroxylation sites is 1. The van der Waals surface area contributed by atoms with E-state index in [1.165, 1.54) is 27.3 Å². The van der Waals surface area contributed by atoms with E-state index in [1.807, 2.05) is 0 Å². The van der Waals surface area contributed by atoms with E-state index in [9.17, 15) is 13.2 Å². The molecule has 0 aliphatic heterocycles. The first-order valence-corrected chi connectivity index (χ1v) is 6.53. The number of esters is 1. The molecule has 0 spiro atoms. The minimum Gasteiger partial charge on any atom is -0.495 e. The van der Waals surface area contributed by atoms with Crippen molar-refractivity contribution in [2.24, 2.45) is 0 Å². The molecule has 0 aliphatic carbocycles. The summed E-state index contributed by atoms with van der Waals surface area (Å²) in [6.45, 7) is -0.350. The van der Waals surface area contributed by atoms with Crippen LogP contribution in [0.1, 0.15) is 0 Å². The molecule has 0 atom stereocenters. The summed E-state index contributed by atoms with van der Waals surface area (Å²) in [7, 11) is 0.109. The topological polar surface area (TPSA) is 72.9 Å². The Kier molecular flexibility index (Phi) is 4.69. The lowest BCUT2D eigenvalue weighted by Gasteiger charge is -2.17. The molecular formula is C11H15NO5S. The lowest BCUT2D eigenvalue weighted by molar-refractivity contribution is -0.140. The van der Waals surface area contributed by atoms with E-state index in [0.29, 0.717) is 0 Å². The van der Waals surface area contributed by atoms with Crippen LogP contribution in [0.5, 0.6) is 5.75 Å². The Bertz CT molecular complexity index is 526. The summed E-state index contributed by atoms with van der Waals surface area (Å²) in [5.41, 5.74) is 0. The Balaban J connectivity index is 3.09. The van der Waals surface area contributed by atoms with Crippen molar-refractivity contribution in [3.05, 3.63) is 24.3 Å². The first-order chi connectivity index (χ1) is 8.43. The molecule has 0 aromatic heterocycles. The summed E-state index contributed by atoms with van der Waals surface area (Å²) in [5.74, 6) is -0.398. The maximum Gasteiger partial charge on any atom is 0.321 e. The van der Waals surface area contributed by atoms with E-state index in [1.54, 1.807) is 18.2 Å². The predicted octanol–water partition coefficient (Wildman–Crippen LogP) is 0.489. The first kappa shape index (κ1) is 14.5. The van der Waals surface area contributed by atoms with Crippen molar-refractivity contribution in [1.29, 1.82) is 0 Å². The van der Waals surface area contributed by atoms with Gasteiger partial charge in [-0.2, -0.15) is 4.31 Å². The van der Waals surface area contributed by atoms with Crippen LogP contribution in [0.4, 0.5) is 0 Å². The highest BCUT2D eigenvalue weighted by molar-refractivity contribution is 7.89. The number of hydrogen-bond donors (Lipinski definition) is 0. The summed E-state index contributed by atoms with van der Waals surface area (Å²) >= 11 is 0. The summed E-state index contributed by atoms with van der Waals surface area (Å²) in [5, 5.41) is 0. The van der Waals surface area contributed by atoms with Crippen molar-refractivity contribution in [2.75, 3.05) is 27.8 Å². The number of sulfonamides is 1. The third-order valence-electron chi connectivity index (χ3n) is 2.34. The van der Waals surface area contributed by atoms with E-state index in [4.69, 9.17) is 4.74 Å². The van der Waals surface area contributed by atoms with Gasteiger partial charge in [0.25, 0.3) is 0 Å². The van der Waals surface area contributed by atoms with Crippen molar-refractivity contribution < 1.29 is 22.7 Å². The minimum atomic E-state index is -3.78. The van der Waals surface area contributed by atoms with Gasteiger partial charge in [0.2, 0.25) is 10.0 Å². The van der Waals surface area contributed by atoms with Gasteiger partial charge in [0.1, 0.15) is 17.2 Å². The fraction of sp³-hybridized carbons (Fsp3) is 0.364. The molecule has 0 radical (unpaired) electrons. The fourth-order valence-corrected chi connectivity index (χ4v) is 2.60. The highest BCUT2D eigenvalue weighted by Crippen LogP contribution is 2.25. The zero-order chi connectivity index (χ0) is 13.8. The molecule has 0 fully saturated rings. The molecule has 1 rings (SSSR count). The molecule has 1 aromatic carbocycles. The fourth-order valence-electron chi connectivity index (χ4n) is 1.33. The van der Waals surface area contributed by atoms with Crippen molar-refractivity contribution >= 4 is 16.0 Å². The second kappa shape index (κ2) is 5.83. The van der Waals surface area contributed by atoms with E-state index < -0.39 is 16.0 Å². The number of methoxy groups -OCH3 is 2. The van der Waals surface area contributed by atoms with Crippen LogP contribution in [0.25, 0.3) is 0 Å². The Labute approximate surface area is 106 Å². The van der Waals surface area contributed by atoms with Gasteiger partial charge in [0.05, 0.1) is 14.2 Å². The van der Waals surface area contributed by atoms with Crippen LogP contribution in [0.3, 0.4) is 0 Å². The lowest BCUT2D eigenvalue weighted by atomic mass is 10.3. The average Bonchev–Trinajstić information content (AvgIpc) is 2.38. The third-order valence-corrected chi connectivity index (χ3v) is 4.18. The SMILES string of the molecule is COC(=O)CN(C)S(=O)(=O)c1ccccc1OC. The largest absolute Gasteiger partial charge is 0.495 e. The van der Waals surface area contributed by atoms with E-state index in [0.717, 1.165) is 4.31 Å². The number of carbonyl (C=O) groups excluding carboxylic acids is 1. The molecule has 0 N–H and O–H groups in total. The summed E-state index contributed by atoms with van der Waals surface area (Å²) in [6, 6.07) is 6.21. The molecular weight excluding hydrogens is 258 g/mol. The second-order valence-electron chi connectivity index (χ2n) is 3.49. The zero-order valence-corrected chi connectivity index (χ0v) is 11.2. The highest BCUT2D eigenvalue weighted by Gasteiger charge is 2.26. The average molecular weight is 273 g/mol. The van der Waals surface area contributed by atoms with Crippen LogP contribution in [0.15, 0.2) is 29.2 Å². The number of benzene rings is 1. The zero-order valence-electron chi connectivity index (χ0n) is 10.4.